The van der Waals surface area contributed by atoms with Crippen LogP contribution in [-0.4, -0.2) is 24.1 Å². The van der Waals surface area contributed by atoms with Gasteiger partial charge in [-0.2, -0.15) is 0 Å². The van der Waals surface area contributed by atoms with E-state index in [1.165, 1.54) is 19.3 Å². The Morgan fingerprint density at radius 1 is 1.04 bits per heavy atom. The zero-order valence-corrected chi connectivity index (χ0v) is 16.4. The van der Waals surface area contributed by atoms with Crippen LogP contribution in [0.2, 0.25) is 0 Å². The van der Waals surface area contributed by atoms with E-state index in [1.54, 1.807) is 10.9 Å². The summed E-state index contributed by atoms with van der Waals surface area (Å²) >= 11 is 0. The molecule has 3 aromatic heterocycles. The highest BCUT2D eigenvalue weighted by molar-refractivity contribution is 6.04. The van der Waals surface area contributed by atoms with Gasteiger partial charge in [0.05, 0.1) is 17.4 Å². The SMILES string of the molecule is CC(C)Cn1cnc2c(c1=O)c1nc3ccccc3nc1n2C1CCCCC1. The molecule has 1 aliphatic carbocycles. The summed E-state index contributed by atoms with van der Waals surface area (Å²) in [5.74, 6) is 0.371. The Morgan fingerprint density at radius 3 is 2.46 bits per heavy atom. The van der Waals surface area contributed by atoms with Crippen LogP contribution >= 0.6 is 0 Å². The summed E-state index contributed by atoms with van der Waals surface area (Å²) in [6.07, 6.45) is 7.59. The fourth-order valence-corrected chi connectivity index (χ4v) is 4.51. The van der Waals surface area contributed by atoms with Crippen molar-refractivity contribution in [2.75, 3.05) is 0 Å². The lowest BCUT2D eigenvalue weighted by atomic mass is 9.95. The van der Waals surface area contributed by atoms with E-state index in [2.05, 4.69) is 18.4 Å². The molecule has 28 heavy (non-hydrogen) atoms. The smallest absolute Gasteiger partial charge is 0.265 e. The van der Waals surface area contributed by atoms with Gasteiger partial charge >= 0.3 is 0 Å². The number of fused-ring (bicyclic) bond motifs is 4. The van der Waals surface area contributed by atoms with Gasteiger partial charge in [-0.25, -0.2) is 15.0 Å². The maximum absolute atomic E-state index is 13.4. The van der Waals surface area contributed by atoms with Gasteiger partial charge in [0, 0.05) is 12.6 Å². The van der Waals surface area contributed by atoms with Crippen LogP contribution in [0.15, 0.2) is 35.4 Å². The van der Waals surface area contributed by atoms with Crippen LogP contribution in [0.3, 0.4) is 0 Å². The molecule has 0 aliphatic heterocycles. The highest BCUT2D eigenvalue weighted by Gasteiger charge is 2.25. The van der Waals surface area contributed by atoms with Gasteiger partial charge in [-0.15, -0.1) is 0 Å². The number of nitrogens with zero attached hydrogens (tertiary/aromatic N) is 5. The highest BCUT2D eigenvalue weighted by Crippen LogP contribution is 2.35. The molecule has 3 heterocycles. The molecular formula is C22H25N5O. The van der Waals surface area contributed by atoms with Crippen LogP contribution in [-0.2, 0) is 6.54 Å². The molecule has 0 unspecified atom stereocenters. The van der Waals surface area contributed by atoms with Gasteiger partial charge < -0.3 is 4.57 Å². The first-order chi connectivity index (χ1) is 13.6. The molecule has 6 nitrogen and oxygen atoms in total. The highest BCUT2D eigenvalue weighted by atomic mass is 16.1. The molecule has 144 valence electrons. The first kappa shape index (κ1) is 17.3. The average molecular weight is 375 g/mol. The van der Waals surface area contributed by atoms with Crippen LogP contribution in [0.25, 0.3) is 33.2 Å². The maximum atomic E-state index is 13.4. The predicted molar refractivity (Wildman–Crippen MR) is 112 cm³/mol. The lowest BCUT2D eigenvalue weighted by molar-refractivity contribution is 0.365. The number of para-hydroxylation sites is 2. The topological polar surface area (TPSA) is 65.6 Å². The van der Waals surface area contributed by atoms with E-state index in [1.807, 2.05) is 24.3 Å². The quantitative estimate of drug-likeness (QED) is 0.530. The monoisotopic (exact) mass is 375 g/mol. The average Bonchev–Trinajstić information content (AvgIpc) is 3.02. The first-order valence-electron chi connectivity index (χ1n) is 10.3. The minimum absolute atomic E-state index is 0.0113. The molecule has 6 heteroatoms. The van der Waals surface area contributed by atoms with Gasteiger partial charge in [-0.1, -0.05) is 45.2 Å². The Balaban J connectivity index is 1.88. The largest absolute Gasteiger partial charge is 0.305 e. The second kappa shape index (κ2) is 6.69. The van der Waals surface area contributed by atoms with E-state index in [9.17, 15) is 4.79 Å². The van der Waals surface area contributed by atoms with Crippen molar-refractivity contribution in [2.45, 2.75) is 58.5 Å². The van der Waals surface area contributed by atoms with Crippen LogP contribution in [0, 0.1) is 5.92 Å². The van der Waals surface area contributed by atoms with Crippen molar-refractivity contribution in [2.24, 2.45) is 5.92 Å². The Bertz CT molecular complexity index is 1230. The fourth-order valence-electron chi connectivity index (χ4n) is 4.51. The van der Waals surface area contributed by atoms with Crippen LogP contribution in [0.4, 0.5) is 0 Å². The third kappa shape index (κ3) is 2.70. The molecule has 0 saturated heterocycles. The van der Waals surface area contributed by atoms with Crippen molar-refractivity contribution >= 4 is 33.2 Å². The molecule has 0 N–H and O–H groups in total. The summed E-state index contributed by atoms with van der Waals surface area (Å²) in [4.78, 5) is 27.9. The van der Waals surface area contributed by atoms with Crippen molar-refractivity contribution < 1.29 is 0 Å². The summed E-state index contributed by atoms with van der Waals surface area (Å²) in [5, 5.41) is 0.613. The molecule has 0 spiro atoms. The van der Waals surface area contributed by atoms with E-state index in [-0.39, 0.29) is 5.56 Å². The summed E-state index contributed by atoms with van der Waals surface area (Å²) < 4.78 is 3.92. The van der Waals surface area contributed by atoms with Gasteiger partial charge in [0.25, 0.3) is 5.56 Å². The lowest BCUT2D eigenvalue weighted by Crippen LogP contribution is -2.23. The molecule has 4 aromatic rings. The lowest BCUT2D eigenvalue weighted by Gasteiger charge is -2.24. The molecule has 5 rings (SSSR count). The predicted octanol–water partition coefficient (Wildman–Crippen LogP) is 4.46. The van der Waals surface area contributed by atoms with Crippen molar-refractivity contribution in [1.29, 1.82) is 0 Å². The molecule has 1 aromatic carbocycles. The number of benzene rings is 1. The standard InChI is InChI=1S/C22H25N5O/c1-14(2)12-26-13-23-20-18(22(26)28)19-21(27(20)15-8-4-3-5-9-15)25-17-11-7-6-10-16(17)24-19/h6-7,10-11,13-15H,3-5,8-9,12H2,1-2H3. The zero-order valence-electron chi connectivity index (χ0n) is 16.4. The summed E-state index contributed by atoms with van der Waals surface area (Å²) in [5.41, 5.74) is 3.89. The molecule has 1 fully saturated rings. The first-order valence-corrected chi connectivity index (χ1v) is 10.3. The van der Waals surface area contributed by atoms with Gasteiger partial charge in [0.1, 0.15) is 10.9 Å². The zero-order chi connectivity index (χ0) is 19.3. The fraction of sp³-hybridized carbons (Fsp3) is 0.455. The van der Waals surface area contributed by atoms with Gasteiger partial charge in [0.15, 0.2) is 11.3 Å². The van der Waals surface area contributed by atoms with Crippen molar-refractivity contribution in [3.63, 3.8) is 0 Å². The number of hydrogen-bond acceptors (Lipinski definition) is 4. The van der Waals surface area contributed by atoms with Crippen molar-refractivity contribution in [3.8, 4) is 0 Å². The minimum atomic E-state index is -0.0113. The van der Waals surface area contributed by atoms with Crippen molar-refractivity contribution in [3.05, 3.63) is 40.9 Å². The maximum Gasteiger partial charge on any atom is 0.265 e. The summed E-state index contributed by atoms with van der Waals surface area (Å²) in [6.45, 7) is 4.86. The second-order valence-corrected chi connectivity index (χ2v) is 8.34. The van der Waals surface area contributed by atoms with Crippen LogP contribution < -0.4 is 5.56 Å². The number of hydrogen-bond donors (Lipinski definition) is 0. The second-order valence-electron chi connectivity index (χ2n) is 8.34. The van der Waals surface area contributed by atoms with Crippen molar-refractivity contribution in [1.82, 2.24) is 24.1 Å². The molecule has 0 radical (unpaired) electrons. The van der Waals surface area contributed by atoms with Gasteiger partial charge in [-0.3, -0.25) is 9.36 Å². The summed E-state index contributed by atoms with van der Waals surface area (Å²) in [7, 11) is 0. The molecular weight excluding hydrogens is 350 g/mol. The minimum Gasteiger partial charge on any atom is -0.305 e. The van der Waals surface area contributed by atoms with Crippen LogP contribution in [0.1, 0.15) is 52.0 Å². The van der Waals surface area contributed by atoms with E-state index in [0.29, 0.717) is 29.4 Å². The molecule has 1 aliphatic rings. The third-order valence-corrected chi connectivity index (χ3v) is 5.76. The molecule has 0 amide bonds. The number of aromatic nitrogens is 5. The Hall–Kier alpha value is -2.76. The Labute approximate surface area is 163 Å². The van der Waals surface area contributed by atoms with Gasteiger partial charge in [-0.05, 0) is 30.9 Å². The van der Waals surface area contributed by atoms with Crippen LogP contribution in [0.5, 0.6) is 0 Å². The molecule has 0 atom stereocenters. The Morgan fingerprint density at radius 2 is 1.75 bits per heavy atom. The van der Waals surface area contributed by atoms with E-state index >= 15 is 0 Å². The Kier molecular flexibility index (Phi) is 4.14. The molecule has 0 bridgehead atoms. The van der Waals surface area contributed by atoms with E-state index in [0.717, 1.165) is 35.2 Å². The summed E-state index contributed by atoms with van der Waals surface area (Å²) in [6, 6.07) is 8.20. The normalized spacial score (nSPS) is 16.0. The van der Waals surface area contributed by atoms with Gasteiger partial charge in [0.2, 0.25) is 0 Å². The third-order valence-electron chi connectivity index (χ3n) is 5.76. The number of rotatable bonds is 3. The van der Waals surface area contributed by atoms with E-state index in [4.69, 9.17) is 15.0 Å². The molecule has 1 saturated carbocycles. The van der Waals surface area contributed by atoms with E-state index < -0.39 is 0 Å².